The molecule has 1 fully saturated rings. The molecule has 0 aliphatic carbocycles. The number of ether oxygens (including phenoxy) is 1. The maximum absolute atomic E-state index is 9.24. The van der Waals surface area contributed by atoms with Crippen LogP contribution in [-0.4, -0.2) is 47.3 Å². The van der Waals surface area contributed by atoms with Crippen molar-refractivity contribution < 1.29 is 9.84 Å². The Morgan fingerprint density at radius 1 is 1.53 bits per heavy atom. The summed E-state index contributed by atoms with van der Waals surface area (Å²) in [4.78, 5) is 2.66. The molecule has 0 amide bonds. The van der Waals surface area contributed by atoms with E-state index in [-0.39, 0.29) is 6.61 Å². The average molecular weight is 280 g/mol. The molecule has 104 valence electrons. The van der Waals surface area contributed by atoms with Crippen molar-refractivity contribution >= 4 is 17.2 Å². The topological polar surface area (TPSA) is 58.7 Å². The molecule has 4 nitrogen and oxygen atoms in total. The van der Waals surface area contributed by atoms with Gasteiger partial charge < -0.3 is 15.6 Å². The van der Waals surface area contributed by atoms with E-state index in [1.807, 2.05) is 24.3 Å². The van der Waals surface area contributed by atoms with Crippen molar-refractivity contribution in [2.75, 3.05) is 26.3 Å². The average Bonchev–Trinajstić information content (AvgIpc) is 2.86. The third-order valence-electron chi connectivity index (χ3n) is 3.48. The van der Waals surface area contributed by atoms with Crippen molar-refractivity contribution in [1.29, 1.82) is 0 Å². The highest BCUT2D eigenvalue weighted by molar-refractivity contribution is 7.80. The molecule has 1 atom stereocenters. The van der Waals surface area contributed by atoms with Gasteiger partial charge >= 0.3 is 0 Å². The van der Waals surface area contributed by atoms with E-state index in [1.54, 1.807) is 0 Å². The first-order valence-corrected chi connectivity index (χ1v) is 6.99. The first-order valence-electron chi connectivity index (χ1n) is 6.58. The molecule has 0 radical (unpaired) electrons. The minimum Gasteiger partial charge on any atom is -0.492 e. The predicted octanol–water partition coefficient (Wildman–Crippen LogP) is 1.16. The van der Waals surface area contributed by atoms with Gasteiger partial charge in [0.15, 0.2) is 0 Å². The summed E-state index contributed by atoms with van der Waals surface area (Å²) in [6.45, 7) is 2.72. The summed E-state index contributed by atoms with van der Waals surface area (Å²) in [5, 5.41) is 9.24. The zero-order chi connectivity index (χ0) is 13.7. The number of hydrogen-bond donors (Lipinski definition) is 2. The second-order valence-electron chi connectivity index (χ2n) is 4.76. The summed E-state index contributed by atoms with van der Waals surface area (Å²) in [5.41, 5.74) is 6.41. The van der Waals surface area contributed by atoms with Crippen LogP contribution in [0.2, 0.25) is 0 Å². The van der Waals surface area contributed by atoms with Gasteiger partial charge in [0.2, 0.25) is 0 Å². The van der Waals surface area contributed by atoms with Crippen molar-refractivity contribution in [2.24, 2.45) is 5.73 Å². The zero-order valence-corrected chi connectivity index (χ0v) is 11.7. The molecule has 0 saturated carbocycles. The molecule has 1 aliphatic heterocycles. The number of likely N-dealkylation sites (tertiary alicyclic amines) is 1. The summed E-state index contributed by atoms with van der Waals surface area (Å²) in [6, 6.07) is 7.81. The van der Waals surface area contributed by atoms with Crippen LogP contribution in [0.25, 0.3) is 0 Å². The van der Waals surface area contributed by atoms with Crippen LogP contribution in [-0.2, 0) is 0 Å². The monoisotopic (exact) mass is 280 g/mol. The van der Waals surface area contributed by atoms with Crippen LogP contribution >= 0.6 is 12.2 Å². The van der Waals surface area contributed by atoms with E-state index in [9.17, 15) is 5.11 Å². The highest BCUT2D eigenvalue weighted by Crippen LogP contribution is 2.17. The zero-order valence-electron chi connectivity index (χ0n) is 10.9. The van der Waals surface area contributed by atoms with Crippen molar-refractivity contribution in [1.82, 2.24) is 4.90 Å². The molecule has 0 spiro atoms. The maximum Gasteiger partial charge on any atom is 0.120 e. The highest BCUT2D eigenvalue weighted by Gasteiger charge is 2.22. The summed E-state index contributed by atoms with van der Waals surface area (Å²) < 4.78 is 5.71. The quantitative estimate of drug-likeness (QED) is 0.766. The predicted molar refractivity (Wildman–Crippen MR) is 79.5 cm³/mol. The van der Waals surface area contributed by atoms with Gasteiger partial charge in [-0.15, -0.1) is 0 Å². The number of thiocarbonyl (C=S) groups is 1. The minimum atomic E-state index is 0.233. The van der Waals surface area contributed by atoms with Gasteiger partial charge in [0.1, 0.15) is 17.3 Å². The van der Waals surface area contributed by atoms with Crippen LogP contribution in [0.3, 0.4) is 0 Å². The summed E-state index contributed by atoms with van der Waals surface area (Å²) in [6.07, 6.45) is 2.23. The lowest BCUT2D eigenvalue weighted by molar-refractivity contribution is 0.139. The summed E-state index contributed by atoms with van der Waals surface area (Å²) in [7, 11) is 0. The Balaban J connectivity index is 1.82. The van der Waals surface area contributed by atoms with E-state index in [0.717, 1.165) is 37.2 Å². The van der Waals surface area contributed by atoms with E-state index >= 15 is 0 Å². The molecule has 5 heteroatoms. The second-order valence-corrected chi connectivity index (χ2v) is 5.19. The highest BCUT2D eigenvalue weighted by atomic mass is 32.1. The van der Waals surface area contributed by atoms with Gasteiger partial charge in [0.05, 0.1) is 6.61 Å². The smallest absolute Gasteiger partial charge is 0.120 e. The van der Waals surface area contributed by atoms with Crippen molar-refractivity contribution in [2.45, 2.75) is 18.9 Å². The van der Waals surface area contributed by atoms with Gasteiger partial charge in [-0.25, -0.2) is 0 Å². The van der Waals surface area contributed by atoms with Crippen molar-refractivity contribution in [3.05, 3.63) is 29.8 Å². The number of aliphatic hydroxyl groups is 1. The maximum atomic E-state index is 9.24. The molecular weight excluding hydrogens is 260 g/mol. The molecule has 19 heavy (non-hydrogen) atoms. The molecule has 1 unspecified atom stereocenters. The van der Waals surface area contributed by atoms with Crippen LogP contribution in [0.5, 0.6) is 5.75 Å². The Hall–Kier alpha value is -1.17. The van der Waals surface area contributed by atoms with Crippen LogP contribution in [0.4, 0.5) is 0 Å². The van der Waals surface area contributed by atoms with Gasteiger partial charge in [-0.2, -0.15) is 0 Å². The molecule has 1 aromatic carbocycles. The Kier molecular flexibility index (Phi) is 5.13. The minimum absolute atomic E-state index is 0.233. The Morgan fingerprint density at radius 2 is 2.37 bits per heavy atom. The van der Waals surface area contributed by atoms with Gasteiger partial charge in [0, 0.05) is 18.2 Å². The van der Waals surface area contributed by atoms with Crippen LogP contribution in [0.15, 0.2) is 24.3 Å². The summed E-state index contributed by atoms with van der Waals surface area (Å²) in [5.74, 6) is 0.782. The molecule has 0 aromatic heterocycles. The normalized spacial score (nSPS) is 19.5. The molecular formula is C14H20N2O2S. The Labute approximate surface area is 119 Å². The number of nitrogens with two attached hydrogens (primary N) is 1. The first-order chi connectivity index (χ1) is 9.20. The van der Waals surface area contributed by atoms with Gasteiger partial charge in [-0.1, -0.05) is 24.4 Å². The molecule has 1 aliphatic rings. The van der Waals surface area contributed by atoms with Gasteiger partial charge in [0.25, 0.3) is 0 Å². The van der Waals surface area contributed by atoms with E-state index in [0.29, 0.717) is 17.6 Å². The van der Waals surface area contributed by atoms with Crippen LogP contribution in [0.1, 0.15) is 18.4 Å². The van der Waals surface area contributed by atoms with E-state index in [2.05, 4.69) is 4.90 Å². The van der Waals surface area contributed by atoms with Crippen LogP contribution < -0.4 is 10.5 Å². The molecule has 1 saturated heterocycles. The summed E-state index contributed by atoms with van der Waals surface area (Å²) >= 11 is 4.94. The number of rotatable bonds is 6. The molecule has 1 heterocycles. The Bertz CT molecular complexity index is 439. The third kappa shape index (κ3) is 3.89. The number of benzene rings is 1. The lowest BCUT2D eigenvalue weighted by Crippen LogP contribution is -2.35. The Morgan fingerprint density at radius 3 is 3.11 bits per heavy atom. The third-order valence-corrected chi connectivity index (χ3v) is 3.71. The van der Waals surface area contributed by atoms with Crippen molar-refractivity contribution in [3.63, 3.8) is 0 Å². The number of aliphatic hydroxyl groups excluding tert-OH is 1. The number of nitrogens with zero attached hydrogens (tertiary/aromatic N) is 1. The van der Waals surface area contributed by atoms with E-state index in [1.165, 1.54) is 0 Å². The van der Waals surface area contributed by atoms with E-state index < -0.39 is 0 Å². The fourth-order valence-corrected chi connectivity index (χ4v) is 2.54. The lowest BCUT2D eigenvalue weighted by Gasteiger charge is -2.22. The molecule has 3 N–H and O–H groups in total. The largest absolute Gasteiger partial charge is 0.492 e. The molecule has 0 bridgehead atoms. The standard InChI is InChI=1S/C14H20N2O2S/c15-14(19)11-3-1-5-13(9-11)18-8-7-16-6-2-4-12(16)10-17/h1,3,5,9,12,17H,2,4,6-8,10H2,(H2,15,19). The molecule has 2 rings (SSSR count). The molecule has 1 aromatic rings. The van der Waals surface area contributed by atoms with E-state index in [4.69, 9.17) is 22.7 Å². The first kappa shape index (κ1) is 14.2. The fraction of sp³-hybridized carbons (Fsp3) is 0.500. The van der Waals surface area contributed by atoms with Gasteiger partial charge in [-0.3, -0.25) is 4.90 Å². The SMILES string of the molecule is NC(=S)c1cccc(OCCN2CCCC2CO)c1. The fourth-order valence-electron chi connectivity index (χ4n) is 2.42. The number of hydrogen-bond acceptors (Lipinski definition) is 4. The van der Waals surface area contributed by atoms with Crippen LogP contribution in [0, 0.1) is 0 Å². The lowest BCUT2D eigenvalue weighted by atomic mass is 10.2. The second kappa shape index (κ2) is 6.84. The van der Waals surface area contributed by atoms with Gasteiger partial charge in [-0.05, 0) is 31.5 Å². The van der Waals surface area contributed by atoms with Crippen molar-refractivity contribution in [3.8, 4) is 5.75 Å².